The molecule has 3 aliphatic carbocycles. The predicted octanol–water partition coefficient (Wildman–Crippen LogP) is 10.2. The first kappa shape index (κ1) is 40.3. The fourth-order valence-electron chi connectivity index (χ4n) is 7.92. The van der Waals surface area contributed by atoms with E-state index in [0.717, 1.165) is 42.7 Å². The van der Waals surface area contributed by atoms with Crippen LogP contribution in [0.4, 0.5) is 51.3 Å². The molecule has 0 spiro atoms. The molecule has 2 bridgehead atoms. The van der Waals surface area contributed by atoms with Gasteiger partial charge in [0.25, 0.3) is 5.91 Å². The number of para-hydroxylation sites is 1. The maximum atomic E-state index is 15.4. The van der Waals surface area contributed by atoms with Crippen LogP contribution < -0.4 is 20.7 Å². The van der Waals surface area contributed by atoms with Crippen LogP contribution in [0.15, 0.2) is 96.6 Å². The summed E-state index contributed by atoms with van der Waals surface area (Å²) in [4.78, 5) is 40.5. The normalized spacial score (nSPS) is 21.4. The van der Waals surface area contributed by atoms with E-state index < -0.39 is 71.1 Å². The SMILES string of the molecule is COc1ccc(-c2cc(C(OC(=O)Nc3ccccc3)C(F)(F)F)ccc2F)cc1C(=O)N[C@@H]1C2CCC(/C2=C/C2CC2)[C@@H]1C(=O)Nc1ccc(F)c(C(F)(F)F)c1. The van der Waals surface area contributed by atoms with E-state index in [1.165, 1.54) is 37.4 Å². The number of ether oxygens (including phenoxy) is 2. The molecule has 3 unspecified atom stereocenters. The second kappa shape index (κ2) is 15.8. The second-order valence-corrected chi connectivity index (χ2v) is 14.5. The molecule has 3 aliphatic rings. The lowest BCUT2D eigenvalue weighted by Gasteiger charge is -2.30. The molecule has 8 nitrogen and oxygen atoms in total. The molecule has 304 valence electrons. The van der Waals surface area contributed by atoms with Gasteiger partial charge in [0.1, 0.15) is 17.4 Å². The van der Waals surface area contributed by atoms with Crippen molar-refractivity contribution in [1.82, 2.24) is 5.32 Å². The molecule has 0 aliphatic heterocycles. The number of halogens is 8. The third-order valence-corrected chi connectivity index (χ3v) is 10.7. The van der Waals surface area contributed by atoms with Gasteiger partial charge in [-0.25, -0.2) is 13.6 Å². The third kappa shape index (κ3) is 8.50. The zero-order valence-electron chi connectivity index (χ0n) is 30.5. The van der Waals surface area contributed by atoms with Crippen molar-refractivity contribution in [2.45, 2.75) is 50.2 Å². The van der Waals surface area contributed by atoms with Crippen molar-refractivity contribution >= 4 is 29.3 Å². The molecule has 4 aromatic rings. The number of allylic oxidation sites excluding steroid dienone is 1. The number of fused-ring (bicyclic) bond motifs is 2. The number of carbonyl (C=O) groups excluding carboxylic acids is 3. The standard InChI is InChI=1S/C42H35F8N3O5/c1-57-34-16-10-22(28-19-23(9-14-32(28)43)37(42(48,49)50)58-40(56)52-24-5-3-2-4-6-24)18-30(34)38(54)53-36-27-13-12-26(29(27)17-21-7-8-21)35(36)39(55)51-25-11-15-33(44)31(20-25)41(45,46)47/h2-6,9-11,14-21,26-27,35-37H,7-8,12-13H2,1H3,(H,51,55)(H,52,56)(H,53,54)/b29-17-/t26?,27?,35-,36+,37?/m0/s1. The molecular formula is C42H35F8N3O5. The summed E-state index contributed by atoms with van der Waals surface area (Å²) < 4.78 is 123. The van der Waals surface area contributed by atoms with E-state index >= 15 is 4.39 Å². The summed E-state index contributed by atoms with van der Waals surface area (Å²) in [6, 6.07) is 15.2. The molecular weight excluding hydrogens is 778 g/mol. The maximum Gasteiger partial charge on any atom is 0.429 e. The quantitative estimate of drug-likeness (QED) is 0.109. The van der Waals surface area contributed by atoms with Crippen LogP contribution in [0, 0.1) is 35.3 Å². The lowest BCUT2D eigenvalue weighted by molar-refractivity contribution is -0.205. The van der Waals surface area contributed by atoms with Gasteiger partial charge >= 0.3 is 18.4 Å². The predicted molar refractivity (Wildman–Crippen MR) is 196 cm³/mol. The molecule has 3 amide bonds. The van der Waals surface area contributed by atoms with Gasteiger partial charge in [0.2, 0.25) is 12.0 Å². The van der Waals surface area contributed by atoms with E-state index in [4.69, 9.17) is 9.47 Å². The fraction of sp³-hybridized carbons (Fsp3) is 0.310. The summed E-state index contributed by atoms with van der Waals surface area (Å²) in [6.07, 6.45) is -9.16. The Balaban J connectivity index is 1.17. The summed E-state index contributed by atoms with van der Waals surface area (Å²) in [6.45, 7) is 0. The van der Waals surface area contributed by atoms with E-state index in [1.54, 1.807) is 18.2 Å². The number of anilines is 2. The minimum atomic E-state index is -5.11. The molecule has 3 fully saturated rings. The van der Waals surface area contributed by atoms with Gasteiger partial charge in [0.05, 0.1) is 24.2 Å². The first-order valence-corrected chi connectivity index (χ1v) is 18.3. The average molecular weight is 814 g/mol. The molecule has 58 heavy (non-hydrogen) atoms. The van der Waals surface area contributed by atoms with Crippen LogP contribution in [0.2, 0.25) is 0 Å². The van der Waals surface area contributed by atoms with Crippen molar-refractivity contribution in [3.63, 3.8) is 0 Å². The second-order valence-electron chi connectivity index (χ2n) is 14.5. The van der Waals surface area contributed by atoms with Crippen LogP contribution in [0.1, 0.15) is 53.3 Å². The van der Waals surface area contributed by atoms with Crippen LogP contribution >= 0.6 is 0 Å². The van der Waals surface area contributed by atoms with Crippen molar-refractivity contribution < 1.29 is 59.0 Å². The molecule has 0 aromatic heterocycles. The largest absolute Gasteiger partial charge is 0.496 e. The van der Waals surface area contributed by atoms with Crippen molar-refractivity contribution in [3.05, 3.63) is 125 Å². The number of alkyl halides is 6. The van der Waals surface area contributed by atoms with Gasteiger partial charge in [-0.1, -0.05) is 42.0 Å². The molecule has 0 heterocycles. The third-order valence-electron chi connectivity index (χ3n) is 10.7. The number of amides is 3. The van der Waals surface area contributed by atoms with E-state index in [2.05, 4.69) is 22.0 Å². The van der Waals surface area contributed by atoms with E-state index in [1.807, 2.05) is 0 Å². The summed E-state index contributed by atoms with van der Waals surface area (Å²) in [5.41, 5.74) is -1.86. The molecule has 3 saturated carbocycles. The zero-order chi connectivity index (χ0) is 41.5. The molecule has 4 aromatic carbocycles. The highest BCUT2D eigenvalue weighted by molar-refractivity contribution is 6.00. The van der Waals surface area contributed by atoms with E-state index in [9.17, 15) is 45.1 Å². The topological polar surface area (TPSA) is 106 Å². The average Bonchev–Trinajstić information content (AvgIpc) is 3.85. The molecule has 0 saturated heterocycles. The van der Waals surface area contributed by atoms with Crippen molar-refractivity contribution in [2.24, 2.45) is 23.7 Å². The summed E-state index contributed by atoms with van der Waals surface area (Å²) in [7, 11) is 1.26. The minimum Gasteiger partial charge on any atom is -0.496 e. The molecule has 16 heteroatoms. The zero-order valence-corrected chi connectivity index (χ0v) is 30.5. The summed E-state index contributed by atoms with van der Waals surface area (Å²) in [5, 5.41) is 7.60. The first-order chi connectivity index (χ1) is 27.5. The summed E-state index contributed by atoms with van der Waals surface area (Å²) >= 11 is 0. The van der Waals surface area contributed by atoms with Gasteiger partial charge < -0.3 is 20.1 Å². The summed E-state index contributed by atoms with van der Waals surface area (Å²) in [5.74, 6) is -5.19. The smallest absolute Gasteiger partial charge is 0.429 e. The lowest BCUT2D eigenvalue weighted by atomic mass is 9.83. The van der Waals surface area contributed by atoms with Crippen LogP contribution in [0.3, 0.4) is 0 Å². The fourth-order valence-corrected chi connectivity index (χ4v) is 7.92. The van der Waals surface area contributed by atoms with Gasteiger partial charge in [-0.05, 0) is 97.7 Å². The molecule has 0 radical (unpaired) electrons. The number of methoxy groups -OCH3 is 1. The Morgan fingerprint density at radius 2 is 1.48 bits per heavy atom. The van der Waals surface area contributed by atoms with E-state index in [0.29, 0.717) is 30.9 Å². The van der Waals surface area contributed by atoms with Gasteiger partial charge in [-0.2, -0.15) is 26.3 Å². The number of benzene rings is 4. The number of carbonyl (C=O) groups is 3. The van der Waals surface area contributed by atoms with Crippen LogP contribution in [-0.2, 0) is 15.7 Å². The number of nitrogens with one attached hydrogen (secondary N) is 3. The van der Waals surface area contributed by atoms with Crippen LogP contribution in [0.5, 0.6) is 5.75 Å². The van der Waals surface area contributed by atoms with Gasteiger partial charge in [0.15, 0.2) is 0 Å². The Hall–Kier alpha value is -5.93. The molecule has 5 atom stereocenters. The highest BCUT2D eigenvalue weighted by atomic mass is 19.4. The number of rotatable bonds is 10. The minimum absolute atomic E-state index is 0.00999. The van der Waals surface area contributed by atoms with Crippen molar-refractivity contribution in [2.75, 3.05) is 17.7 Å². The number of hydrogen-bond acceptors (Lipinski definition) is 5. The Bertz CT molecular complexity index is 2260. The van der Waals surface area contributed by atoms with Gasteiger partial charge in [-0.15, -0.1) is 0 Å². The van der Waals surface area contributed by atoms with Gasteiger partial charge in [-0.3, -0.25) is 14.9 Å². The Morgan fingerprint density at radius 3 is 2.16 bits per heavy atom. The Labute approximate surface area is 326 Å². The lowest BCUT2D eigenvalue weighted by Crippen LogP contribution is -2.48. The van der Waals surface area contributed by atoms with Crippen LogP contribution in [0.25, 0.3) is 11.1 Å². The Kier molecular flexibility index (Phi) is 11.0. The monoisotopic (exact) mass is 813 g/mol. The maximum absolute atomic E-state index is 15.4. The number of hydrogen-bond donors (Lipinski definition) is 3. The first-order valence-electron chi connectivity index (χ1n) is 18.3. The highest BCUT2D eigenvalue weighted by Gasteiger charge is 2.55. The Morgan fingerprint density at radius 1 is 0.776 bits per heavy atom. The van der Waals surface area contributed by atoms with Crippen LogP contribution in [-0.4, -0.2) is 37.2 Å². The molecule has 3 N–H and O–H groups in total. The van der Waals surface area contributed by atoms with Crippen molar-refractivity contribution in [1.29, 1.82) is 0 Å². The van der Waals surface area contributed by atoms with Crippen molar-refractivity contribution in [3.8, 4) is 16.9 Å². The molecule has 7 rings (SSSR count). The highest BCUT2D eigenvalue weighted by Crippen LogP contribution is 2.54. The van der Waals surface area contributed by atoms with Gasteiger partial charge in [0, 0.05) is 34.5 Å². The van der Waals surface area contributed by atoms with E-state index in [-0.39, 0.29) is 45.7 Å².